The lowest BCUT2D eigenvalue weighted by Crippen LogP contribution is -2.35. The number of halogens is 1. The number of rotatable bonds is 15. The van der Waals surface area contributed by atoms with Crippen LogP contribution >= 0.6 is 11.6 Å². The summed E-state index contributed by atoms with van der Waals surface area (Å²) in [4.78, 5) is 9.32. The molecule has 38 heavy (non-hydrogen) atoms. The maximum absolute atomic E-state index is 10.9. The Bertz CT molecular complexity index is 1140. The molecule has 0 spiro atoms. The molecule has 0 radical (unpaired) electrons. The van der Waals surface area contributed by atoms with E-state index < -0.39 is 12.5 Å². The van der Waals surface area contributed by atoms with E-state index in [9.17, 15) is 5.11 Å². The molecule has 2 aromatic rings. The van der Waals surface area contributed by atoms with Crippen LogP contribution in [0.3, 0.4) is 0 Å². The van der Waals surface area contributed by atoms with Crippen LogP contribution in [0.2, 0.25) is 5.02 Å². The van der Waals surface area contributed by atoms with Crippen LogP contribution in [0, 0.1) is 5.92 Å². The van der Waals surface area contributed by atoms with E-state index in [2.05, 4.69) is 40.1 Å². The highest BCUT2D eigenvalue weighted by molar-refractivity contribution is 6.30. The fourth-order valence-electron chi connectivity index (χ4n) is 4.11. The summed E-state index contributed by atoms with van der Waals surface area (Å²) in [6, 6.07) is 15.8. The Morgan fingerprint density at radius 3 is 2.55 bits per heavy atom. The quantitative estimate of drug-likeness (QED) is 0.101. The molecule has 2 atom stereocenters. The van der Waals surface area contributed by atoms with E-state index >= 15 is 0 Å². The van der Waals surface area contributed by atoms with E-state index in [1.807, 2.05) is 54.8 Å². The highest BCUT2D eigenvalue weighted by Crippen LogP contribution is 2.27. The molecule has 0 amide bonds. The first-order valence-corrected chi connectivity index (χ1v) is 13.5. The summed E-state index contributed by atoms with van der Waals surface area (Å²) in [5, 5.41) is 32.9. The van der Waals surface area contributed by atoms with Crippen LogP contribution in [0.5, 0.6) is 0 Å². The molecule has 202 valence electrons. The van der Waals surface area contributed by atoms with Crippen LogP contribution in [0.4, 0.5) is 0 Å². The van der Waals surface area contributed by atoms with E-state index in [0.29, 0.717) is 42.9 Å². The summed E-state index contributed by atoms with van der Waals surface area (Å²) in [7, 11) is 0. The first-order valence-electron chi connectivity index (χ1n) is 13.2. The van der Waals surface area contributed by atoms with E-state index in [1.165, 1.54) is 5.56 Å². The Hall–Kier alpha value is -2.87. The van der Waals surface area contributed by atoms with E-state index in [0.717, 1.165) is 36.1 Å². The SMILES string of the molecule is C=CCCc1cccc(CNC(O)C2C=C(N=CCCCCC(O)O)C(N=Cc3ccc(Cl)cc3)=CC2)c1. The number of unbranched alkanes of at least 4 members (excludes halogenated alkanes) is 2. The topological polar surface area (TPSA) is 97.4 Å². The fraction of sp³-hybridized carbons (Fsp3) is 0.355. The second kappa shape index (κ2) is 16.2. The molecule has 6 nitrogen and oxygen atoms in total. The minimum atomic E-state index is -1.27. The van der Waals surface area contributed by atoms with E-state index in [1.54, 1.807) is 6.21 Å². The van der Waals surface area contributed by atoms with Crippen LogP contribution in [-0.4, -0.2) is 40.3 Å². The molecule has 0 saturated carbocycles. The molecule has 7 heteroatoms. The maximum atomic E-state index is 10.9. The van der Waals surface area contributed by atoms with Crippen LogP contribution < -0.4 is 5.32 Å². The van der Waals surface area contributed by atoms with Gasteiger partial charge in [-0.1, -0.05) is 60.2 Å². The van der Waals surface area contributed by atoms with Gasteiger partial charge in [0.15, 0.2) is 6.29 Å². The van der Waals surface area contributed by atoms with Crippen molar-refractivity contribution in [2.24, 2.45) is 15.9 Å². The number of allylic oxidation sites excluding steroid dienone is 2. The molecule has 1 aliphatic carbocycles. The maximum Gasteiger partial charge on any atom is 0.151 e. The summed E-state index contributed by atoms with van der Waals surface area (Å²) in [6.45, 7) is 4.36. The summed E-state index contributed by atoms with van der Waals surface area (Å²) < 4.78 is 0. The lowest BCUT2D eigenvalue weighted by Gasteiger charge is -2.24. The van der Waals surface area contributed by atoms with Crippen molar-refractivity contribution in [3.63, 3.8) is 0 Å². The Kier molecular flexibility index (Phi) is 12.6. The summed E-state index contributed by atoms with van der Waals surface area (Å²) in [6.07, 6.45) is 12.6. The average Bonchev–Trinajstić information content (AvgIpc) is 2.92. The molecule has 1 aliphatic rings. The third-order valence-electron chi connectivity index (χ3n) is 6.27. The summed E-state index contributed by atoms with van der Waals surface area (Å²) >= 11 is 5.99. The number of nitrogens with zero attached hydrogens (tertiary/aromatic N) is 2. The van der Waals surface area contributed by atoms with Crippen molar-refractivity contribution in [2.45, 2.75) is 64.0 Å². The minimum absolute atomic E-state index is 0.148. The first-order chi connectivity index (χ1) is 18.4. The average molecular weight is 536 g/mol. The highest BCUT2D eigenvalue weighted by atomic mass is 35.5. The van der Waals surface area contributed by atoms with Gasteiger partial charge in [0.25, 0.3) is 0 Å². The van der Waals surface area contributed by atoms with Gasteiger partial charge in [-0.15, -0.1) is 6.58 Å². The number of hydrogen-bond acceptors (Lipinski definition) is 6. The molecule has 0 aliphatic heterocycles. The number of nitrogens with one attached hydrogen (secondary N) is 1. The number of hydrogen-bond donors (Lipinski definition) is 4. The van der Waals surface area contributed by atoms with Gasteiger partial charge >= 0.3 is 0 Å². The molecule has 3 rings (SSSR count). The standard InChI is InChI=1S/C31H38ClN3O3/c1-2-3-8-23-9-7-10-25(19-23)22-35-31(38)26-14-17-28(34-21-24-12-15-27(32)16-13-24)29(20-26)33-18-6-4-5-11-30(36)37/h2,7,9-10,12-13,15-21,26,30-31,35-38H,1,3-6,8,11,14,22H2. The molecular weight excluding hydrogens is 498 g/mol. The summed E-state index contributed by atoms with van der Waals surface area (Å²) in [5.41, 5.74) is 4.77. The van der Waals surface area contributed by atoms with Gasteiger partial charge in [0.2, 0.25) is 0 Å². The molecule has 0 saturated heterocycles. The smallest absolute Gasteiger partial charge is 0.151 e. The monoisotopic (exact) mass is 535 g/mol. The van der Waals surface area contributed by atoms with Gasteiger partial charge in [-0.3, -0.25) is 15.3 Å². The predicted molar refractivity (Wildman–Crippen MR) is 156 cm³/mol. The molecule has 2 aromatic carbocycles. The van der Waals surface area contributed by atoms with Crippen molar-refractivity contribution < 1.29 is 15.3 Å². The van der Waals surface area contributed by atoms with Crippen molar-refractivity contribution in [3.8, 4) is 0 Å². The van der Waals surface area contributed by atoms with E-state index in [-0.39, 0.29) is 5.92 Å². The number of aliphatic hydroxyl groups excluding tert-OH is 2. The van der Waals surface area contributed by atoms with Gasteiger partial charge in [0, 0.05) is 29.9 Å². The number of aliphatic imine (C=N–C) groups is 2. The van der Waals surface area contributed by atoms with Gasteiger partial charge < -0.3 is 15.3 Å². The van der Waals surface area contributed by atoms with Crippen molar-refractivity contribution in [1.29, 1.82) is 0 Å². The van der Waals surface area contributed by atoms with Crippen LogP contribution in [-0.2, 0) is 13.0 Å². The number of aliphatic hydroxyl groups is 3. The van der Waals surface area contributed by atoms with Crippen molar-refractivity contribution >= 4 is 24.0 Å². The van der Waals surface area contributed by atoms with Crippen molar-refractivity contribution in [1.82, 2.24) is 5.32 Å². The Balaban J connectivity index is 1.65. The van der Waals surface area contributed by atoms with Crippen molar-refractivity contribution in [2.75, 3.05) is 0 Å². The van der Waals surface area contributed by atoms with Crippen LogP contribution in [0.1, 0.15) is 55.2 Å². The molecule has 0 aromatic heterocycles. The number of benzene rings is 2. The van der Waals surface area contributed by atoms with Gasteiger partial charge in [0.05, 0.1) is 11.4 Å². The fourth-order valence-corrected chi connectivity index (χ4v) is 4.24. The zero-order valence-corrected chi connectivity index (χ0v) is 22.5. The molecule has 2 unspecified atom stereocenters. The highest BCUT2D eigenvalue weighted by Gasteiger charge is 2.21. The third-order valence-corrected chi connectivity index (χ3v) is 6.52. The Morgan fingerprint density at radius 1 is 1.00 bits per heavy atom. The summed E-state index contributed by atoms with van der Waals surface area (Å²) in [5.74, 6) is -0.148. The molecule has 0 fully saturated rings. The largest absolute Gasteiger partial charge is 0.378 e. The normalized spacial score (nSPS) is 16.7. The van der Waals surface area contributed by atoms with Gasteiger partial charge in [-0.25, -0.2) is 0 Å². The minimum Gasteiger partial charge on any atom is -0.378 e. The van der Waals surface area contributed by atoms with Crippen LogP contribution in [0.15, 0.2) is 94.7 Å². The second-order valence-electron chi connectivity index (χ2n) is 9.40. The first kappa shape index (κ1) is 29.7. The van der Waals surface area contributed by atoms with Crippen molar-refractivity contribution in [3.05, 3.63) is 106 Å². The third kappa shape index (κ3) is 10.5. The number of aryl methyl sites for hydroxylation is 1. The lowest BCUT2D eigenvalue weighted by molar-refractivity contribution is -0.0464. The van der Waals surface area contributed by atoms with Gasteiger partial charge in [-0.05, 0) is 79.8 Å². The Labute approximate surface area is 230 Å². The Morgan fingerprint density at radius 2 is 1.79 bits per heavy atom. The molecule has 0 heterocycles. The van der Waals surface area contributed by atoms with E-state index in [4.69, 9.17) is 21.8 Å². The molecule has 0 bridgehead atoms. The second-order valence-corrected chi connectivity index (χ2v) is 9.84. The predicted octanol–water partition coefficient (Wildman–Crippen LogP) is 5.72. The van der Waals surface area contributed by atoms with Gasteiger partial charge in [-0.2, -0.15) is 0 Å². The lowest BCUT2D eigenvalue weighted by atomic mass is 9.95. The molecule has 4 N–H and O–H groups in total. The van der Waals surface area contributed by atoms with Gasteiger partial charge in [0.1, 0.15) is 6.23 Å². The van der Waals surface area contributed by atoms with Crippen LogP contribution in [0.25, 0.3) is 0 Å². The zero-order valence-electron chi connectivity index (χ0n) is 21.7. The zero-order chi connectivity index (χ0) is 27.2. The molecular formula is C31H38ClN3O3.